The SMILES string of the molecule is CCCCCCCC/C(CCC)=C(/CCC)CCCCCCCC(N)=O. The lowest BCUT2D eigenvalue weighted by atomic mass is 9.91. The molecule has 0 radical (unpaired) electrons. The summed E-state index contributed by atoms with van der Waals surface area (Å²) in [5.74, 6) is -0.155. The van der Waals surface area contributed by atoms with Crippen molar-refractivity contribution in [3.05, 3.63) is 11.1 Å². The Bertz CT molecular complexity index is 359. The largest absolute Gasteiger partial charge is 0.370 e. The average Bonchev–Trinajstić information content (AvgIpc) is 2.61. The molecule has 0 saturated heterocycles. The van der Waals surface area contributed by atoms with E-state index in [9.17, 15) is 4.79 Å². The molecule has 0 aromatic heterocycles. The Hall–Kier alpha value is -0.790. The van der Waals surface area contributed by atoms with Crippen LogP contribution in [0.3, 0.4) is 0 Å². The quantitative estimate of drug-likeness (QED) is 0.184. The molecule has 0 spiro atoms. The molecule has 0 aliphatic rings. The minimum atomic E-state index is -0.155. The fourth-order valence-corrected chi connectivity index (χ4v) is 3.85. The van der Waals surface area contributed by atoms with Crippen molar-refractivity contribution in [2.24, 2.45) is 5.73 Å². The molecule has 0 aliphatic heterocycles. The Balaban J connectivity index is 4.23. The van der Waals surface area contributed by atoms with Gasteiger partial charge in [0, 0.05) is 6.42 Å². The number of carbonyl (C=O) groups excluding carboxylic acids is 1. The van der Waals surface area contributed by atoms with Crippen molar-refractivity contribution in [3.63, 3.8) is 0 Å². The minimum Gasteiger partial charge on any atom is -0.370 e. The molecular weight excluding hydrogens is 318 g/mol. The van der Waals surface area contributed by atoms with E-state index >= 15 is 0 Å². The molecule has 0 heterocycles. The van der Waals surface area contributed by atoms with Crippen molar-refractivity contribution in [1.29, 1.82) is 0 Å². The smallest absolute Gasteiger partial charge is 0.217 e. The Morgan fingerprint density at radius 2 is 0.885 bits per heavy atom. The number of carbonyl (C=O) groups is 1. The zero-order valence-electron chi connectivity index (χ0n) is 18.2. The van der Waals surface area contributed by atoms with Crippen LogP contribution >= 0.6 is 0 Å². The highest BCUT2D eigenvalue weighted by Gasteiger charge is 2.07. The van der Waals surface area contributed by atoms with Gasteiger partial charge in [0.15, 0.2) is 0 Å². The summed E-state index contributed by atoms with van der Waals surface area (Å²) in [4.78, 5) is 10.8. The van der Waals surface area contributed by atoms with E-state index in [0.29, 0.717) is 6.42 Å². The molecule has 26 heavy (non-hydrogen) atoms. The first-order chi connectivity index (χ1) is 12.7. The minimum absolute atomic E-state index is 0.155. The number of allylic oxidation sites excluding steroid dienone is 2. The Labute approximate surface area is 164 Å². The summed E-state index contributed by atoms with van der Waals surface area (Å²) in [7, 11) is 0. The second-order valence-electron chi connectivity index (χ2n) is 7.96. The number of hydrogen-bond donors (Lipinski definition) is 1. The van der Waals surface area contributed by atoms with Crippen LogP contribution in [0.4, 0.5) is 0 Å². The van der Waals surface area contributed by atoms with E-state index in [1.54, 1.807) is 11.1 Å². The maximum Gasteiger partial charge on any atom is 0.217 e. The molecule has 2 heteroatoms. The van der Waals surface area contributed by atoms with E-state index in [-0.39, 0.29) is 5.91 Å². The summed E-state index contributed by atoms with van der Waals surface area (Å²) in [5, 5.41) is 0. The summed E-state index contributed by atoms with van der Waals surface area (Å²) in [6.07, 6.45) is 22.7. The number of unbranched alkanes of at least 4 members (excludes halogenated alkanes) is 9. The molecule has 0 atom stereocenters. The molecule has 0 fully saturated rings. The summed E-state index contributed by atoms with van der Waals surface area (Å²) in [6.45, 7) is 6.93. The predicted molar refractivity (Wildman–Crippen MR) is 116 cm³/mol. The molecule has 0 aromatic rings. The normalized spacial score (nSPS) is 12.3. The van der Waals surface area contributed by atoms with Crippen LogP contribution in [0, 0.1) is 0 Å². The van der Waals surface area contributed by atoms with E-state index in [2.05, 4.69) is 20.8 Å². The molecule has 0 bridgehead atoms. The maximum atomic E-state index is 10.8. The predicted octanol–water partition coefficient (Wildman–Crippen LogP) is 7.85. The molecule has 2 nitrogen and oxygen atoms in total. The van der Waals surface area contributed by atoms with Gasteiger partial charge in [0.2, 0.25) is 5.91 Å². The van der Waals surface area contributed by atoms with Crippen molar-refractivity contribution >= 4 is 5.91 Å². The van der Waals surface area contributed by atoms with Crippen LogP contribution in [0.15, 0.2) is 11.1 Å². The van der Waals surface area contributed by atoms with Gasteiger partial charge in [0.25, 0.3) is 0 Å². The number of hydrogen-bond acceptors (Lipinski definition) is 1. The zero-order valence-corrected chi connectivity index (χ0v) is 18.2. The Kier molecular flexibility index (Phi) is 18.4. The monoisotopic (exact) mass is 365 g/mol. The molecule has 2 N–H and O–H groups in total. The number of primary amides is 1. The number of nitrogens with two attached hydrogens (primary N) is 1. The van der Waals surface area contributed by atoms with E-state index in [4.69, 9.17) is 5.73 Å². The average molecular weight is 366 g/mol. The van der Waals surface area contributed by atoms with Gasteiger partial charge in [0.1, 0.15) is 0 Å². The summed E-state index contributed by atoms with van der Waals surface area (Å²) in [6, 6.07) is 0. The highest BCUT2D eigenvalue weighted by Crippen LogP contribution is 2.26. The fourth-order valence-electron chi connectivity index (χ4n) is 3.85. The maximum absolute atomic E-state index is 10.8. The van der Waals surface area contributed by atoms with E-state index in [1.165, 1.54) is 96.3 Å². The molecule has 0 saturated carbocycles. The van der Waals surface area contributed by atoms with Gasteiger partial charge in [-0.25, -0.2) is 0 Å². The van der Waals surface area contributed by atoms with Crippen molar-refractivity contribution in [1.82, 2.24) is 0 Å². The summed E-state index contributed by atoms with van der Waals surface area (Å²) in [5.41, 5.74) is 8.77. The third-order valence-corrected chi connectivity index (χ3v) is 5.34. The van der Waals surface area contributed by atoms with E-state index < -0.39 is 0 Å². The highest BCUT2D eigenvalue weighted by atomic mass is 16.1. The van der Waals surface area contributed by atoms with Crippen LogP contribution in [-0.2, 0) is 4.79 Å². The van der Waals surface area contributed by atoms with Gasteiger partial charge in [-0.05, 0) is 44.9 Å². The molecule has 154 valence electrons. The van der Waals surface area contributed by atoms with Crippen molar-refractivity contribution < 1.29 is 4.79 Å². The molecule has 0 aliphatic carbocycles. The van der Waals surface area contributed by atoms with Crippen molar-refractivity contribution in [2.45, 2.75) is 136 Å². The summed E-state index contributed by atoms with van der Waals surface area (Å²) >= 11 is 0. The van der Waals surface area contributed by atoms with Crippen LogP contribution in [0.25, 0.3) is 0 Å². The van der Waals surface area contributed by atoms with Gasteiger partial charge in [0.05, 0.1) is 0 Å². The second-order valence-corrected chi connectivity index (χ2v) is 7.96. The van der Waals surface area contributed by atoms with Gasteiger partial charge in [-0.2, -0.15) is 0 Å². The first-order valence-electron chi connectivity index (χ1n) is 11.6. The Morgan fingerprint density at radius 1 is 0.500 bits per heavy atom. The molecule has 0 aromatic carbocycles. The summed E-state index contributed by atoms with van der Waals surface area (Å²) < 4.78 is 0. The first kappa shape index (κ1) is 25.2. The van der Waals surface area contributed by atoms with Gasteiger partial charge < -0.3 is 5.73 Å². The standard InChI is InChI=1S/C24H47NO/c1-4-7-8-9-11-14-19-22(17-5-2)23(18-6-3)20-15-12-10-13-16-21-24(25)26/h4-21H2,1-3H3,(H2,25,26)/b23-22-. The van der Waals surface area contributed by atoms with Crippen LogP contribution in [0.5, 0.6) is 0 Å². The molecule has 0 rings (SSSR count). The number of rotatable bonds is 19. The van der Waals surface area contributed by atoms with Crippen LogP contribution in [0.1, 0.15) is 136 Å². The van der Waals surface area contributed by atoms with Gasteiger partial charge in [-0.1, -0.05) is 96.1 Å². The second kappa shape index (κ2) is 19.0. The van der Waals surface area contributed by atoms with E-state index in [1.807, 2.05) is 0 Å². The third kappa shape index (κ3) is 15.5. The van der Waals surface area contributed by atoms with Crippen LogP contribution in [0.2, 0.25) is 0 Å². The topological polar surface area (TPSA) is 43.1 Å². The third-order valence-electron chi connectivity index (χ3n) is 5.34. The first-order valence-corrected chi connectivity index (χ1v) is 11.6. The van der Waals surface area contributed by atoms with Crippen molar-refractivity contribution in [2.75, 3.05) is 0 Å². The Morgan fingerprint density at radius 3 is 1.27 bits per heavy atom. The van der Waals surface area contributed by atoms with E-state index in [0.717, 1.165) is 12.8 Å². The van der Waals surface area contributed by atoms with Gasteiger partial charge in [-0.15, -0.1) is 0 Å². The van der Waals surface area contributed by atoms with Crippen LogP contribution < -0.4 is 5.73 Å². The lowest BCUT2D eigenvalue weighted by Gasteiger charge is -2.15. The highest BCUT2D eigenvalue weighted by molar-refractivity contribution is 5.73. The zero-order chi connectivity index (χ0) is 19.5. The van der Waals surface area contributed by atoms with Gasteiger partial charge >= 0.3 is 0 Å². The lowest BCUT2D eigenvalue weighted by molar-refractivity contribution is -0.118. The molecule has 1 amide bonds. The van der Waals surface area contributed by atoms with Crippen LogP contribution in [-0.4, -0.2) is 5.91 Å². The molecular formula is C24H47NO. The van der Waals surface area contributed by atoms with Crippen molar-refractivity contribution in [3.8, 4) is 0 Å². The lowest BCUT2D eigenvalue weighted by Crippen LogP contribution is -2.09. The number of amides is 1. The van der Waals surface area contributed by atoms with Gasteiger partial charge in [-0.3, -0.25) is 4.79 Å². The molecule has 0 unspecified atom stereocenters. The fraction of sp³-hybridized carbons (Fsp3) is 0.875.